The SMILES string of the molecule is CC(C)(C)c1ccc(Oc2ccc(C3(c4ccc([Si](C)(C)C)cc4)c4cc(N(c5ccccc5)c5ccc(C(C)(C)C)cc5)c5c(oc6ccccc65)c4-c4c3cc(N(c3ccccc3)c3ccc(C(C)(C)C)cc3)c3oc5ccccc5c43)cc2)cc1. The van der Waals surface area contributed by atoms with Gasteiger partial charge in [0.1, 0.15) is 28.2 Å². The molecule has 0 bridgehead atoms. The third-order valence-corrected chi connectivity index (χ3v) is 20.3. The van der Waals surface area contributed by atoms with Gasteiger partial charge < -0.3 is 23.4 Å². The first kappa shape index (κ1) is 56.4. The van der Waals surface area contributed by atoms with Crippen molar-refractivity contribution in [1.82, 2.24) is 0 Å². The molecule has 1 aliphatic carbocycles. The number of anilines is 6. The van der Waals surface area contributed by atoms with E-state index in [4.69, 9.17) is 13.6 Å². The van der Waals surface area contributed by atoms with Gasteiger partial charge in [-0.15, -0.1) is 0 Å². The van der Waals surface area contributed by atoms with E-state index in [1.54, 1.807) is 0 Å². The van der Waals surface area contributed by atoms with Crippen LogP contribution in [0.5, 0.6) is 11.5 Å². The molecule has 0 N–H and O–H groups in total. The van der Waals surface area contributed by atoms with Crippen LogP contribution in [0.15, 0.2) is 251 Å². The molecule has 1 aliphatic rings. The summed E-state index contributed by atoms with van der Waals surface area (Å²) in [6.07, 6.45) is 0. The number of furan rings is 2. The Kier molecular flexibility index (Phi) is 13.4. The molecule has 0 aliphatic heterocycles. The largest absolute Gasteiger partial charge is 0.457 e. The number of rotatable bonds is 11. The summed E-state index contributed by atoms with van der Waals surface area (Å²) < 4.78 is 21.9. The van der Waals surface area contributed by atoms with E-state index in [-0.39, 0.29) is 16.2 Å². The zero-order chi connectivity index (χ0) is 61.1. The number of ether oxygens (including phenoxy) is 1. The third-order valence-electron chi connectivity index (χ3n) is 18.2. The Balaban J connectivity index is 1.16. The molecule has 2 heterocycles. The van der Waals surface area contributed by atoms with Crippen LogP contribution in [-0.2, 0) is 21.7 Å². The van der Waals surface area contributed by atoms with Crippen molar-refractivity contribution in [2.75, 3.05) is 9.80 Å². The summed E-state index contributed by atoms with van der Waals surface area (Å²) >= 11 is 0. The van der Waals surface area contributed by atoms with E-state index in [2.05, 4.69) is 334 Å². The van der Waals surface area contributed by atoms with Crippen molar-refractivity contribution in [3.63, 3.8) is 0 Å². The summed E-state index contributed by atoms with van der Waals surface area (Å²) in [5, 5.41) is 5.52. The summed E-state index contributed by atoms with van der Waals surface area (Å²) in [6, 6.07) is 89.2. The average Bonchev–Trinajstić information content (AvgIpc) is 1.50. The lowest BCUT2D eigenvalue weighted by Gasteiger charge is -2.36. The number of fused-ring (bicyclic) bond motifs is 11. The molecule has 2 aromatic heterocycles. The minimum absolute atomic E-state index is 0.0155. The van der Waals surface area contributed by atoms with Crippen LogP contribution in [-0.4, -0.2) is 8.07 Å². The van der Waals surface area contributed by atoms with Crippen molar-refractivity contribution in [2.45, 2.75) is 104 Å². The van der Waals surface area contributed by atoms with Gasteiger partial charge in [-0.05, 0) is 152 Å². The Labute approximate surface area is 519 Å². The summed E-state index contributed by atoms with van der Waals surface area (Å²) in [7, 11) is -1.80. The number of hydrogen-bond donors (Lipinski definition) is 0. The molecular formula is C82H76N2O3Si. The van der Waals surface area contributed by atoms with Crippen molar-refractivity contribution in [3.05, 3.63) is 282 Å². The second-order valence-electron chi connectivity index (χ2n) is 28.2. The van der Waals surface area contributed by atoms with Crippen LogP contribution in [0, 0.1) is 0 Å². The van der Waals surface area contributed by atoms with Crippen molar-refractivity contribution < 1.29 is 13.6 Å². The van der Waals surface area contributed by atoms with Crippen molar-refractivity contribution in [2.24, 2.45) is 0 Å². The maximum absolute atomic E-state index is 7.63. The van der Waals surface area contributed by atoms with Gasteiger partial charge in [0.25, 0.3) is 0 Å². The topological polar surface area (TPSA) is 42.0 Å². The fourth-order valence-electron chi connectivity index (χ4n) is 13.5. The summed E-state index contributed by atoms with van der Waals surface area (Å²) in [6.45, 7) is 27.7. The van der Waals surface area contributed by atoms with E-state index in [9.17, 15) is 0 Å². The monoisotopic (exact) mass is 1160 g/mol. The first-order chi connectivity index (χ1) is 42.2. The van der Waals surface area contributed by atoms with Gasteiger partial charge in [0.2, 0.25) is 0 Å². The van der Waals surface area contributed by atoms with Gasteiger partial charge >= 0.3 is 0 Å². The molecule has 5 nitrogen and oxygen atoms in total. The van der Waals surface area contributed by atoms with Crippen LogP contribution in [0.1, 0.15) is 101 Å². The second-order valence-corrected chi connectivity index (χ2v) is 33.2. The predicted molar refractivity (Wildman–Crippen MR) is 373 cm³/mol. The van der Waals surface area contributed by atoms with Gasteiger partial charge in [-0.25, -0.2) is 0 Å². The number of nitrogens with zero attached hydrogens (tertiary/aromatic N) is 2. The minimum Gasteiger partial charge on any atom is -0.457 e. The molecular weight excluding hydrogens is 1090 g/mol. The van der Waals surface area contributed by atoms with Gasteiger partial charge in [-0.3, -0.25) is 0 Å². The number of benzene rings is 11. The third kappa shape index (κ3) is 9.52. The summed E-state index contributed by atoms with van der Waals surface area (Å²) in [5.74, 6) is 1.54. The number of para-hydroxylation sites is 4. The minimum atomic E-state index is -1.80. The van der Waals surface area contributed by atoms with Crippen molar-refractivity contribution in [3.8, 4) is 22.6 Å². The first-order valence-corrected chi connectivity index (χ1v) is 34.6. The molecule has 0 fully saturated rings. The van der Waals surface area contributed by atoms with Gasteiger partial charge in [0.05, 0.1) is 30.2 Å². The van der Waals surface area contributed by atoms with Crippen LogP contribution in [0.2, 0.25) is 19.6 Å². The molecule has 436 valence electrons. The maximum atomic E-state index is 7.63. The fraction of sp³-hybridized carbons (Fsp3) is 0.195. The Hall–Kier alpha value is -9.36. The van der Waals surface area contributed by atoms with E-state index in [0.717, 1.165) is 123 Å². The van der Waals surface area contributed by atoms with Crippen molar-refractivity contribution in [1.29, 1.82) is 0 Å². The van der Waals surface area contributed by atoms with Crippen LogP contribution in [0.4, 0.5) is 34.1 Å². The Morgan fingerprint density at radius 1 is 0.364 bits per heavy atom. The second kappa shape index (κ2) is 20.9. The Morgan fingerprint density at radius 2 is 0.739 bits per heavy atom. The molecule has 6 heteroatoms. The molecule has 0 spiro atoms. The Bertz CT molecular complexity index is 4750. The van der Waals surface area contributed by atoms with E-state index in [0.29, 0.717) is 0 Å². The van der Waals surface area contributed by atoms with Crippen molar-refractivity contribution >= 4 is 91.3 Å². The standard InChI is InChI=1S/C82H76N2O3Si/c1-79(2,3)53-31-41-60(42-32-53)83(58-23-15-13-16-24-58)69-51-68-76(78-73(69)65-27-19-21-29-71(65)87-78)75-67(82(68,57-39-49-64(50-40-57)88(10,11)12)56-37-47-63(48-38-56)85-62-45-35-55(36-46-62)81(7,8)9)52-70(77-74(75)66-28-20-22-30-72(66)86-77)84(59-25-17-14-18-26-59)61-43-33-54(34-44-61)80(4,5)6/h13-52H,1-12H3. The molecule has 14 rings (SSSR count). The highest BCUT2D eigenvalue weighted by Crippen LogP contribution is 2.65. The van der Waals surface area contributed by atoms with Gasteiger partial charge in [-0.2, -0.15) is 0 Å². The molecule has 0 amide bonds. The van der Waals surface area contributed by atoms with E-state index in [1.165, 1.54) is 21.9 Å². The van der Waals surface area contributed by atoms with E-state index >= 15 is 0 Å². The normalized spacial score (nSPS) is 14.4. The lowest BCUT2D eigenvalue weighted by atomic mass is 9.67. The zero-order valence-electron chi connectivity index (χ0n) is 52.7. The van der Waals surface area contributed by atoms with E-state index < -0.39 is 13.5 Å². The zero-order valence-corrected chi connectivity index (χ0v) is 53.7. The molecule has 0 saturated carbocycles. The fourth-order valence-corrected chi connectivity index (χ4v) is 14.7. The average molecular weight is 1170 g/mol. The lowest BCUT2D eigenvalue weighted by molar-refractivity contribution is 0.481. The van der Waals surface area contributed by atoms with Crippen LogP contribution < -0.4 is 19.7 Å². The summed E-state index contributed by atoms with van der Waals surface area (Å²) in [5.41, 5.74) is 18.6. The highest BCUT2D eigenvalue weighted by atomic mass is 28.3. The smallest absolute Gasteiger partial charge is 0.160 e. The molecule has 0 saturated heterocycles. The highest BCUT2D eigenvalue weighted by molar-refractivity contribution is 6.88. The number of hydrogen-bond acceptors (Lipinski definition) is 5. The molecule has 1 unspecified atom stereocenters. The lowest BCUT2D eigenvalue weighted by Crippen LogP contribution is -2.38. The highest BCUT2D eigenvalue weighted by Gasteiger charge is 2.51. The molecule has 88 heavy (non-hydrogen) atoms. The molecule has 1 atom stereocenters. The van der Waals surface area contributed by atoms with Gasteiger partial charge in [0.15, 0.2) is 5.58 Å². The predicted octanol–water partition coefficient (Wildman–Crippen LogP) is 23.0. The van der Waals surface area contributed by atoms with Crippen LogP contribution in [0.25, 0.3) is 55.0 Å². The first-order valence-electron chi connectivity index (χ1n) is 31.1. The van der Waals surface area contributed by atoms with Crippen LogP contribution in [0.3, 0.4) is 0 Å². The molecule has 13 aromatic rings. The quantitative estimate of drug-likeness (QED) is 0.121. The van der Waals surface area contributed by atoms with E-state index in [1.807, 2.05) is 0 Å². The van der Waals surface area contributed by atoms with Gasteiger partial charge in [0, 0.05) is 50.0 Å². The molecule has 0 radical (unpaired) electrons. The summed E-state index contributed by atoms with van der Waals surface area (Å²) in [4.78, 5) is 4.86. The van der Waals surface area contributed by atoms with Crippen LogP contribution >= 0.6 is 0 Å². The van der Waals surface area contributed by atoms with Gasteiger partial charge in [-0.1, -0.05) is 233 Å². The molecule has 11 aromatic carbocycles. The maximum Gasteiger partial charge on any atom is 0.160 e. The Morgan fingerprint density at radius 3 is 1.22 bits per heavy atom.